The van der Waals surface area contributed by atoms with Gasteiger partial charge in [-0.15, -0.1) is 0 Å². The lowest BCUT2D eigenvalue weighted by Crippen LogP contribution is -2.37. The Kier molecular flexibility index (Phi) is 9.87. The number of amides is 1. The molecule has 1 aromatic heterocycles. The molecule has 2 rings (SSSR count). The van der Waals surface area contributed by atoms with E-state index < -0.39 is 41.8 Å². The third-order valence-electron chi connectivity index (χ3n) is 4.94. The van der Waals surface area contributed by atoms with Crippen LogP contribution in [0, 0.1) is 6.92 Å². The highest BCUT2D eigenvalue weighted by molar-refractivity contribution is 5.81. The number of hydrogen-bond acceptors (Lipinski definition) is 7. The molecule has 0 radical (unpaired) electrons. The van der Waals surface area contributed by atoms with Gasteiger partial charge in [-0.05, 0) is 19.8 Å². The van der Waals surface area contributed by atoms with Gasteiger partial charge < -0.3 is 24.6 Å². The first-order valence-corrected chi connectivity index (χ1v) is 10.3. The van der Waals surface area contributed by atoms with Gasteiger partial charge in [0.05, 0.1) is 12.7 Å². The second-order valence-corrected chi connectivity index (χ2v) is 7.43. The molecule has 182 valence electrons. The lowest BCUT2D eigenvalue weighted by atomic mass is 10.2. The normalized spacial score (nSPS) is 21.1. The minimum Gasteiger partial charge on any atom is -0.394 e. The van der Waals surface area contributed by atoms with Gasteiger partial charge in [-0.2, -0.15) is 13.2 Å². The van der Waals surface area contributed by atoms with Gasteiger partial charge in [0, 0.05) is 31.3 Å². The number of nitrogens with one attached hydrogen (secondary N) is 2. The predicted molar refractivity (Wildman–Crippen MR) is 105 cm³/mol. The van der Waals surface area contributed by atoms with Gasteiger partial charge in [0.25, 0.3) is 5.56 Å². The Morgan fingerprint density at radius 3 is 2.72 bits per heavy atom. The molecule has 1 aliphatic rings. The van der Waals surface area contributed by atoms with Crippen LogP contribution in [0.2, 0.25) is 0 Å². The van der Waals surface area contributed by atoms with E-state index in [0.717, 1.165) is 0 Å². The molecule has 3 N–H and O–H groups in total. The van der Waals surface area contributed by atoms with Crippen molar-refractivity contribution >= 4 is 5.91 Å². The van der Waals surface area contributed by atoms with Crippen LogP contribution in [0.25, 0.3) is 0 Å². The van der Waals surface area contributed by atoms with E-state index in [1.54, 1.807) is 6.92 Å². The number of aliphatic hydroxyl groups excluding tert-OH is 1. The smallest absolute Gasteiger partial charge is 0.394 e. The van der Waals surface area contributed by atoms with Crippen LogP contribution < -0.4 is 16.6 Å². The summed E-state index contributed by atoms with van der Waals surface area (Å²) in [7, 11) is 0. The van der Waals surface area contributed by atoms with Gasteiger partial charge in [-0.3, -0.25) is 19.1 Å². The van der Waals surface area contributed by atoms with Crippen LogP contribution in [0.5, 0.6) is 0 Å². The van der Waals surface area contributed by atoms with Crippen molar-refractivity contribution in [3.8, 4) is 0 Å². The van der Waals surface area contributed by atoms with Gasteiger partial charge in [0.15, 0.2) is 0 Å². The summed E-state index contributed by atoms with van der Waals surface area (Å²) in [4.78, 5) is 36.4. The van der Waals surface area contributed by atoms with Crippen LogP contribution >= 0.6 is 0 Å². The molecule has 1 aromatic rings. The second-order valence-electron chi connectivity index (χ2n) is 7.43. The summed E-state index contributed by atoms with van der Waals surface area (Å²) < 4.78 is 54.0. The summed E-state index contributed by atoms with van der Waals surface area (Å²) in [6.45, 7) is 1.52. The van der Waals surface area contributed by atoms with Gasteiger partial charge in [-0.1, -0.05) is 12.8 Å². The van der Waals surface area contributed by atoms with Crippen LogP contribution in [-0.4, -0.2) is 65.5 Å². The minimum absolute atomic E-state index is 0.0361. The number of carbonyl (C=O) groups excluding carboxylic acids is 1. The Morgan fingerprint density at radius 1 is 1.31 bits per heavy atom. The van der Waals surface area contributed by atoms with Crippen LogP contribution in [0.15, 0.2) is 15.8 Å². The third-order valence-corrected chi connectivity index (χ3v) is 4.94. The zero-order valence-electron chi connectivity index (χ0n) is 17.7. The summed E-state index contributed by atoms with van der Waals surface area (Å²) >= 11 is 0. The number of hydrogen-bond donors (Lipinski definition) is 3. The van der Waals surface area contributed by atoms with Crippen molar-refractivity contribution in [1.82, 2.24) is 14.9 Å². The summed E-state index contributed by atoms with van der Waals surface area (Å²) in [6, 6.07) is 0. The molecule has 0 unspecified atom stereocenters. The highest BCUT2D eigenvalue weighted by atomic mass is 19.4. The van der Waals surface area contributed by atoms with Crippen molar-refractivity contribution in [3.63, 3.8) is 0 Å². The van der Waals surface area contributed by atoms with Gasteiger partial charge in [0.1, 0.15) is 19.1 Å². The van der Waals surface area contributed by atoms with Crippen LogP contribution in [-0.2, 0) is 19.0 Å². The third kappa shape index (κ3) is 7.73. The topological polar surface area (TPSA) is 132 Å². The number of rotatable bonds is 12. The van der Waals surface area contributed by atoms with Crippen molar-refractivity contribution in [1.29, 1.82) is 0 Å². The Morgan fingerprint density at radius 2 is 2.03 bits per heavy atom. The fourth-order valence-electron chi connectivity index (χ4n) is 3.19. The van der Waals surface area contributed by atoms with Gasteiger partial charge >= 0.3 is 17.8 Å². The molecule has 1 aliphatic heterocycles. The van der Waals surface area contributed by atoms with Crippen molar-refractivity contribution in [3.05, 3.63) is 32.6 Å². The molecule has 1 saturated heterocycles. The van der Waals surface area contributed by atoms with E-state index in [1.807, 2.05) is 5.32 Å². The second kappa shape index (κ2) is 12.1. The summed E-state index contributed by atoms with van der Waals surface area (Å²) in [5.41, 5.74) is -0.739. The number of unbranched alkanes of at least 4 members (excludes halogenated alkanes) is 3. The Labute approximate surface area is 181 Å². The van der Waals surface area contributed by atoms with E-state index in [-0.39, 0.29) is 26.4 Å². The number of halogens is 3. The molecule has 0 aromatic carbocycles. The summed E-state index contributed by atoms with van der Waals surface area (Å²) in [5, 5.41) is 11.3. The van der Waals surface area contributed by atoms with Crippen LogP contribution in [0.3, 0.4) is 0 Å². The summed E-state index contributed by atoms with van der Waals surface area (Å²) in [5.74, 6) is -1.93. The molecule has 0 bridgehead atoms. The number of alkyl halides is 3. The molecule has 3 atom stereocenters. The zero-order valence-corrected chi connectivity index (χ0v) is 17.7. The molecular weight excluding hydrogens is 439 g/mol. The zero-order chi connectivity index (χ0) is 23.7. The molecule has 2 heterocycles. The first-order chi connectivity index (χ1) is 15.1. The quantitative estimate of drug-likeness (QED) is 0.305. The lowest BCUT2D eigenvalue weighted by molar-refractivity contribution is -0.173. The van der Waals surface area contributed by atoms with Crippen molar-refractivity contribution in [2.24, 2.45) is 0 Å². The van der Waals surface area contributed by atoms with E-state index in [4.69, 9.17) is 14.2 Å². The fraction of sp³-hybridized carbons (Fsp3) is 0.737. The Hall–Kier alpha value is -2.22. The lowest BCUT2D eigenvalue weighted by Gasteiger charge is -2.16. The number of nitrogens with zero attached hydrogens (tertiary/aromatic N) is 1. The number of aromatic nitrogens is 2. The number of aromatic amines is 1. The molecule has 0 spiro atoms. The molecule has 0 saturated carbocycles. The molecule has 1 fully saturated rings. The number of carbonyl (C=O) groups is 1. The summed E-state index contributed by atoms with van der Waals surface area (Å²) in [6.07, 6.45) is -2.60. The maximum absolute atomic E-state index is 12.0. The SMILES string of the molecule is Cc1cn([C@H]2C[C@H](OCOCCCCCCNC(=O)C(F)(F)F)[C@@H](CO)O2)c(=O)[nH]c1=O. The van der Waals surface area contributed by atoms with Crippen LogP contribution in [0.4, 0.5) is 13.2 Å². The standard InChI is InChI=1S/C19H28F3N3O7/c1-12-9-25(18(29)24-16(12)27)15-8-13(14(10-26)32-15)31-11-30-7-5-3-2-4-6-23-17(28)19(20,21)22/h9,13-15,26H,2-8,10-11H2,1H3,(H,23,28)(H,24,27,29)/t13-,14+,15+/m0/s1. The monoisotopic (exact) mass is 467 g/mol. The van der Waals surface area contributed by atoms with E-state index in [9.17, 15) is 32.7 Å². The minimum atomic E-state index is -4.86. The van der Waals surface area contributed by atoms with Crippen molar-refractivity contribution in [2.45, 2.75) is 63.6 Å². The van der Waals surface area contributed by atoms with E-state index >= 15 is 0 Å². The number of ether oxygens (including phenoxy) is 3. The Balaban J connectivity index is 1.62. The van der Waals surface area contributed by atoms with E-state index in [0.29, 0.717) is 37.9 Å². The maximum Gasteiger partial charge on any atom is 0.471 e. The highest BCUT2D eigenvalue weighted by Crippen LogP contribution is 2.29. The van der Waals surface area contributed by atoms with Gasteiger partial charge in [-0.25, -0.2) is 4.79 Å². The molecule has 10 nitrogen and oxygen atoms in total. The first-order valence-electron chi connectivity index (χ1n) is 10.3. The molecule has 1 amide bonds. The van der Waals surface area contributed by atoms with Gasteiger partial charge in [0.2, 0.25) is 0 Å². The molecule has 32 heavy (non-hydrogen) atoms. The predicted octanol–water partition coefficient (Wildman–Crippen LogP) is 0.723. The number of aryl methyl sites for hydroxylation is 1. The molecule has 13 heteroatoms. The molecule has 0 aliphatic carbocycles. The van der Waals surface area contributed by atoms with Crippen molar-refractivity contribution in [2.75, 3.05) is 26.6 Å². The number of H-pyrrole nitrogens is 1. The number of aliphatic hydroxyl groups is 1. The highest BCUT2D eigenvalue weighted by Gasteiger charge is 2.38. The first kappa shape index (κ1) is 26.0. The van der Waals surface area contributed by atoms with E-state index in [1.165, 1.54) is 10.8 Å². The average Bonchev–Trinajstić information content (AvgIpc) is 3.14. The fourth-order valence-corrected chi connectivity index (χ4v) is 3.19. The van der Waals surface area contributed by atoms with Crippen molar-refractivity contribution < 1.29 is 37.3 Å². The largest absolute Gasteiger partial charge is 0.471 e. The average molecular weight is 467 g/mol. The Bertz CT molecular complexity index is 856. The van der Waals surface area contributed by atoms with Crippen LogP contribution in [0.1, 0.15) is 43.9 Å². The maximum atomic E-state index is 12.0. The molecular formula is C19H28F3N3O7. The van der Waals surface area contributed by atoms with E-state index in [2.05, 4.69) is 4.98 Å².